The first-order valence-corrected chi connectivity index (χ1v) is 11.9. The van der Waals surface area contributed by atoms with Crippen LogP contribution in [0.4, 0.5) is 22.0 Å². The Kier molecular flexibility index (Phi) is 6.96. The molecule has 0 aliphatic heterocycles. The van der Waals surface area contributed by atoms with Gasteiger partial charge in [-0.15, -0.1) is 0 Å². The Morgan fingerprint density at radius 2 is 1.75 bits per heavy atom. The minimum atomic E-state index is -5.82. The summed E-state index contributed by atoms with van der Waals surface area (Å²) in [5.74, 6) is -6.71. The predicted octanol–water partition coefficient (Wildman–Crippen LogP) is 3.08. The van der Waals surface area contributed by atoms with Gasteiger partial charge in [-0.05, 0) is 26.8 Å². The monoisotopic (exact) mass is 536 g/mol. The second-order valence-corrected chi connectivity index (χ2v) is 10.8. The summed E-state index contributed by atoms with van der Waals surface area (Å²) in [7, 11) is -4.00. The molecule has 0 saturated heterocycles. The Morgan fingerprint density at radius 1 is 1.08 bits per heavy atom. The summed E-state index contributed by atoms with van der Waals surface area (Å²) in [6, 6.07) is 1.33. The Morgan fingerprint density at radius 3 is 2.28 bits per heavy atom. The average molecular weight is 536 g/mol. The lowest BCUT2D eigenvalue weighted by Gasteiger charge is -2.20. The number of rotatable bonds is 7. The van der Waals surface area contributed by atoms with Crippen LogP contribution in [0.5, 0.6) is 5.88 Å². The number of alkyl halides is 5. The minimum Gasteiger partial charge on any atom is -0.470 e. The minimum absolute atomic E-state index is 0.0315. The third-order valence-electron chi connectivity index (χ3n) is 4.58. The van der Waals surface area contributed by atoms with Gasteiger partial charge in [-0.3, -0.25) is 4.79 Å². The van der Waals surface area contributed by atoms with Crippen LogP contribution in [0, 0.1) is 0 Å². The van der Waals surface area contributed by atoms with Gasteiger partial charge in [-0.25, -0.2) is 27.9 Å². The molecule has 0 spiro atoms. The second kappa shape index (κ2) is 9.22. The summed E-state index contributed by atoms with van der Waals surface area (Å²) in [4.78, 5) is 24.5. The number of halogens is 5. The number of aromatic nitrogens is 5. The van der Waals surface area contributed by atoms with E-state index < -0.39 is 50.9 Å². The van der Waals surface area contributed by atoms with Gasteiger partial charge in [-0.1, -0.05) is 6.92 Å². The third-order valence-corrected chi connectivity index (χ3v) is 6.22. The number of hydrogen-bond donors (Lipinski definition) is 1. The van der Waals surface area contributed by atoms with E-state index >= 15 is 0 Å². The third kappa shape index (κ3) is 5.52. The highest BCUT2D eigenvalue weighted by atomic mass is 32.2. The van der Waals surface area contributed by atoms with E-state index in [9.17, 15) is 35.2 Å². The number of nitrogens with zero attached hydrogens (tertiary/aromatic N) is 5. The van der Waals surface area contributed by atoms with E-state index in [1.165, 1.54) is 19.2 Å². The molecule has 0 fully saturated rings. The van der Waals surface area contributed by atoms with Crippen molar-refractivity contribution in [1.29, 1.82) is 0 Å². The van der Waals surface area contributed by atoms with Crippen LogP contribution >= 0.6 is 0 Å². The molecule has 0 bridgehead atoms. The molecular weight excluding hydrogens is 515 g/mol. The van der Waals surface area contributed by atoms with Crippen LogP contribution in [0.2, 0.25) is 0 Å². The highest BCUT2D eigenvalue weighted by Gasteiger charge is 2.58. The molecule has 3 rings (SSSR count). The van der Waals surface area contributed by atoms with Gasteiger partial charge in [0.25, 0.3) is 5.91 Å². The van der Waals surface area contributed by atoms with Crippen LogP contribution in [0.1, 0.15) is 38.2 Å². The number of hydrogen-bond acceptors (Lipinski definition) is 8. The average Bonchev–Trinajstić information content (AvgIpc) is 3.16. The van der Waals surface area contributed by atoms with Gasteiger partial charge in [-0.2, -0.15) is 27.1 Å². The van der Waals surface area contributed by atoms with Crippen LogP contribution in [0.25, 0.3) is 16.9 Å². The molecule has 16 heteroatoms. The van der Waals surface area contributed by atoms with Crippen molar-refractivity contribution in [2.24, 2.45) is 0 Å². The molecule has 0 aliphatic carbocycles. The Labute approximate surface area is 201 Å². The zero-order valence-corrected chi connectivity index (χ0v) is 20.2. The molecule has 0 aliphatic rings. The second-order valence-electron chi connectivity index (χ2n) is 8.58. The summed E-state index contributed by atoms with van der Waals surface area (Å²) in [6.07, 6.45) is -2.89. The molecule has 196 valence electrons. The van der Waals surface area contributed by atoms with E-state index in [2.05, 4.69) is 30.1 Å². The van der Waals surface area contributed by atoms with Crippen molar-refractivity contribution in [1.82, 2.24) is 29.9 Å². The molecule has 1 N–H and O–H groups in total. The van der Waals surface area contributed by atoms with Crippen LogP contribution < -0.4 is 10.1 Å². The first kappa shape index (κ1) is 27.2. The Bertz CT molecular complexity index is 1380. The molecule has 36 heavy (non-hydrogen) atoms. The molecule has 0 unspecified atom stereocenters. The van der Waals surface area contributed by atoms with Crippen LogP contribution in [0.3, 0.4) is 0 Å². The number of carbonyl (C=O) groups is 1. The Balaban J connectivity index is 2.08. The fraction of sp³-hybridized carbons (Fsp3) is 0.450. The summed E-state index contributed by atoms with van der Waals surface area (Å²) in [5, 5.41) is 6.34. The molecular formula is C20H21F5N6O4S. The number of sulfone groups is 1. The summed E-state index contributed by atoms with van der Waals surface area (Å²) < 4.78 is 94.2. The predicted molar refractivity (Wildman–Crippen MR) is 115 cm³/mol. The summed E-state index contributed by atoms with van der Waals surface area (Å²) in [5.41, 5.74) is -1.01. The van der Waals surface area contributed by atoms with Gasteiger partial charge in [0.15, 0.2) is 27.1 Å². The molecule has 0 radical (unpaired) electrons. The van der Waals surface area contributed by atoms with E-state index in [-0.39, 0.29) is 28.4 Å². The van der Waals surface area contributed by atoms with Gasteiger partial charge in [0, 0.05) is 11.7 Å². The normalized spacial score (nSPS) is 13.1. The number of carbonyl (C=O) groups excluding carboxylic acids is 1. The molecule has 3 aromatic rings. The first-order chi connectivity index (χ1) is 16.5. The van der Waals surface area contributed by atoms with E-state index in [1.54, 1.807) is 20.8 Å². The van der Waals surface area contributed by atoms with E-state index in [1.807, 2.05) is 0 Å². The molecule has 3 heterocycles. The van der Waals surface area contributed by atoms with Crippen LogP contribution in [-0.4, -0.2) is 68.9 Å². The highest BCUT2D eigenvalue weighted by Crippen LogP contribution is 2.36. The summed E-state index contributed by atoms with van der Waals surface area (Å²) in [6.45, 7) is 4.58. The van der Waals surface area contributed by atoms with E-state index in [4.69, 9.17) is 0 Å². The maximum absolute atomic E-state index is 13.1. The lowest BCUT2D eigenvalue weighted by molar-refractivity contribution is -0.290. The molecule has 3 aromatic heterocycles. The molecule has 1 amide bonds. The van der Waals surface area contributed by atoms with Crippen LogP contribution in [0.15, 0.2) is 29.7 Å². The summed E-state index contributed by atoms with van der Waals surface area (Å²) >= 11 is 0. The Hall–Kier alpha value is -3.43. The van der Waals surface area contributed by atoms with Crippen molar-refractivity contribution >= 4 is 21.4 Å². The maximum atomic E-state index is 13.1. The van der Waals surface area contributed by atoms with Crippen molar-refractivity contribution < 1.29 is 39.9 Å². The van der Waals surface area contributed by atoms with Crippen molar-refractivity contribution in [3.63, 3.8) is 0 Å². The van der Waals surface area contributed by atoms with Crippen LogP contribution in [-0.2, 0) is 9.84 Å². The quantitative estimate of drug-likeness (QED) is 0.457. The topological polar surface area (TPSA) is 128 Å². The van der Waals surface area contributed by atoms with Crippen molar-refractivity contribution in [2.45, 2.75) is 50.4 Å². The number of fused-ring (bicyclic) bond motifs is 1. The van der Waals surface area contributed by atoms with Gasteiger partial charge >= 0.3 is 12.1 Å². The van der Waals surface area contributed by atoms with E-state index in [0.717, 1.165) is 16.9 Å². The fourth-order valence-electron chi connectivity index (χ4n) is 2.85. The SMILES string of the molecule is CCS(=O)(=O)c1nn2c(C(=O)NC(C)(C)C)ccnc2c1-c1cnc(OCC(F)(F)C(F)(F)F)cn1. The van der Waals surface area contributed by atoms with Crippen molar-refractivity contribution in [3.8, 4) is 17.1 Å². The maximum Gasteiger partial charge on any atom is 0.456 e. The van der Waals surface area contributed by atoms with E-state index in [0.29, 0.717) is 0 Å². The number of ether oxygens (including phenoxy) is 1. The standard InChI is InChI=1S/C20H21F5N6O4S/c1-5-36(33,34)17-14(11-8-28-13(9-27-11)35-10-19(21,22)20(23,24)25)15-26-7-6-12(31(15)30-17)16(32)29-18(2,3)4/h6-9H,5,10H2,1-4H3,(H,29,32). The number of amides is 1. The lowest BCUT2D eigenvalue weighted by Crippen LogP contribution is -2.41. The zero-order valence-electron chi connectivity index (χ0n) is 19.4. The fourth-order valence-corrected chi connectivity index (χ4v) is 3.83. The highest BCUT2D eigenvalue weighted by molar-refractivity contribution is 7.91. The molecule has 10 nitrogen and oxygen atoms in total. The van der Waals surface area contributed by atoms with Crippen molar-refractivity contribution in [3.05, 3.63) is 30.4 Å². The number of nitrogens with one attached hydrogen (secondary N) is 1. The largest absolute Gasteiger partial charge is 0.470 e. The lowest BCUT2D eigenvalue weighted by atomic mass is 10.1. The zero-order chi connectivity index (χ0) is 27.1. The van der Waals surface area contributed by atoms with Gasteiger partial charge in [0.2, 0.25) is 5.88 Å². The molecule has 0 atom stereocenters. The smallest absolute Gasteiger partial charge is 0.456 e. The molecule has 0 saturated carbocycles. The molecule has 0 aromatic carbocycles. The van der Waals surface area contributed by atoms with Gasteiger partial charge in [0.05, 0.1) is 29.4 Å². The van der Waals surface area contributed by atoms with Crippen molar-refractivity contribution in [2.75, 3.05) is 12.4 Å². The van der Waals surface area contributed by atoms with Gasteiger partial charge < -0.3 is 10.1 Å². The van der Waals surface area contributed by atoms with Gasteiger partial charge in [0.1, 0.15) is 5.69 Å². The first-order valence-electron chi connectivity index (χ1n) is 10.3.